The van der Waals surface area contributed by atoms with Crippen molar-refractivity contribution < 1.29 is 8.78 Å². The van der Waals surface area contributed by atoms with Crippen LogP contribution in [0.2, 0.25) is 10.0 Å². The maximum atomic E-state index is 13.4. The molecule has 0 fully saturated rings. The largest absolute Gasteiger partial charge is 0.259 e. The smallest absolute Gasteiger partial charge is 0.123 e. The summed E-state index contributed by atoms with van der Waals surface area (Å²) in [6.45, 7) is 0.377. The minimum absolute atomic E-state index is 0.323. The first kappa shape index (κ1) is 20.1. The number of halogens is 5. The molecule has 29 heavy (non-hydrogen) atoms. The van der Waals surface area contributed by atoms with Gasteiger partial charge in [-0.15, -0.1) is 0 Å². The van der Waals surface area contributed by atoms with E-state index in [-0.39, 0.29) is 11.6 Å². The summed E-state index contributed by atoms with van der Waals surface area (Å²) in [6.07, 6.45) is 0. The van der Waals surface area contributed by atoms with Gasteiger partial charge in [0.1, 0.15) is 17.3 Å². The maximum absolute atomic E-state index is 13.4. The van der Waals surface area contributed by atoms with Crippen LogP contribution in [0.15, 0.2) is 71.2 Å². The second-order valence-corrected chi connectivity index (χ2v) is 8.05. The molecule has 0 unspecified atom stereocenters. The van der Waals surface area contributed by atoms with Crippen LogP contribution in [0.25, 0.3) is 22.5 Å². The molecule has 0 spiro atoms. The van der Waals surface area contributed by atoms with Crippen molar-refractivity contribution >= 4 is 39.1 Å². The Morgan fingerprint density at radius 3 is 2.00 bits per heavy atom. The van der Waals surface area contributed by atoms with E-state index in [1.807, 2.05) is 6.07 Å². The molecule has 0 radical (unpaired) electrons. The average Bonchev–Trinajstić information content (AvgIpc) is 3.01. The Balaban J connectivity index is 1.86. The van der Waals surface area contributed by atoms with Crippen LogP contribution in [-0.4, -0.2) is 9.78 Å². The molecule has 0 N–H and O–H groups in total. The van der Waals surface area contributed by atoms with Crippen LogP contribution in [0.1, 0.15) is 5.56 Å². The summed E-state index contributed by atoms with van der Waals surface area (Å²) in [5.74, 6) is -0.647. The van der Waals surface area contributed by atoms with Crippen LogP contribution in [0.3, 0.4) is 0 Å². The Kier molecular flexibility index (Phi) is 5.72. The van der Waals surface area contributed by atoms with E-state index in [2.05, 4.69) is 15.9 Å². The van der Waals surface area contributed by atoms with Gasteiger partial charge >= 0.3 is 0 Å². The standard InChI is InChI=1S/C22H13BrCl2F2N2/c23-20-21(13-2-7-17(26)8-3-13)28-29(12-15-1-6-16(24)11-19(15)25)22(20)14-4-9-18(27)10-5-14/h1-11H,12H2. The molecule has 2 nitrogen and oxygen atoms in total. The van der Waals surface area contributed by atoms with E-state index in [9.17, 15) is 8.78 Å². The third kappa shape index (κ3) is 4.22. The maximum Gasteiger partial charge on any atom is 0.123 e. The SMILES string of the molecule is Fc1ccc(-c2nn(Cc3ccc(Cl)cc3Cl)c(-c3ccc(F)cc3)c2Br)cc1. The molecule has 4 rings (SSSR count). The zero-order valence-corrected chi connectivity index (χ0v) is 17.9. The molecule has 3 aromatic carbocycles. The van der Waals surface area contributed by atoms with E-state index in [0.717, 1.165) is 26.9 Å². The van der Waals surface area contributed by atoms with Crippen LogP contribution < -0.4 is 0 Å². The van der Waals surface area contributed by atoms with Crippen LogP contribution >= 0.6 is 39.1 Å². The highest BCUT2D eigenvalue weighted by molar-refractivity contribution is 9.10. The molecule has 0 bridgehead atoms. The quantitative estimate of drug-likeness (QED) is 0.286. The van der Waals surface area contributed by atoms with Gasteiger partial charge in [0.2, 0.25) is 0 Å². The molecule has 0 amide bonds. The molecule has 7 heteroatoms. The molecular weight excluding hydrogens is 481 g/mol. The Hall–Kier alpha value is -2.21. The van der Waals surface area contributed by atoms with Crippen molar-refractivity contribution in [1.82, 2.24) is 9.78 Å². The van der Waals surface area contributed by atoms with Crippen molar-refractivity contribution in [3.63, 3.8) is 0 Å². The number of hydrogen-bond acceptors (Lipinski definition) is 1. The van der Waals surface area contributed by atoms with Crippen molar-refractivity contribution in [2.75, 3.05) is 0 Å². The fourth-order valence-corrected chi connectivity index (χ4v) is 4.25. The molecule has 0 saturated heterocycles. The summed E-state index contributed by atoms with van der Waals surface area (Å²) >= 11 is 16.0. The summed E-state index contributed by atoms with van der Waals surface area (Å²) in [5.41, 5.74) is 3.77. The van der Waals surface area contributed by atoms with E-state index in [1.54, 1.807) is 41.1 Å². The first-order valence-electron chi connectivity index (χ1n) is 8.64. The summed E-state index contributed by atoms with van der Waals surface area (Å²) in [5, 5.41) is 5.80. The molecule has 1 heterocycles. The number of nitrogens with zero attached hydrogens (tertiary/aromatic N) is 2. The Morgan fingerprint density at radius 2 is 1.41 bits per heavy atom. The van der Waals surface area contributed by atoms with E-state index in [0.29, 0.717) is 22.3 Å². The fourth-order valence-electron chi connectivity index (χ4n) is 3.04. The minimum Gasteiger partial charge on any atom is -0.259 e. The van der Waals surface area contributed by atoms with Gasteiger partial charge < -0.3 is 0 Å². The minimum atomic E-state index is -0.324. The van der Waals surface area contributed by atoms with Gasteiger partial charge in [-0.05, 0) is 82.2 Å². The second-order valence-electron chi connectivity index (χ2n) is 6.42. The highest BCUT2D eigenvalue weighted by Crippen LogP contribution is 2.37. The number of rotatable bonds is 4. The first-order valence-corrected chi connectivity index (χ1v) is 10.2. The molecule has 0 aliphatic carbocycles. The Bertz CT molecular complexity index is 1170. The molecule has 0 aliphatic rings. The number of benzene rings is 3. The number of aromatic nitrogens is 2. The normalized spacial score (nSPS) is 11.1. The highest BCUT2D eigenvalue weighted by Gasteiger charge is 2.20. The summed E-state index contributed by atoms with van der Waals surface area (Å²) in [6, 6.07) is 17.5. The predicted molar refractivity (Wildman–Crippen MR) is 116 cm³/mol. The second kappa shape index (κ2) is 8.27. The highest BCUT2D eigenvalue weighted by atomic mass is 79.9. The van der Waals surface area contributed by atoms with Crippen LogP contribution in [-0.2, 0) is 6.54 Å². The molecule has 0 saturated carbocycles. The van der Waals surface area contributed by atoms with E-state index < -0.39 is 0 Å². The zero-order chi connectivity index (χ0) is 20.5. The predicted octanol–water partition coefficient (Wildman–Crippen LogP) is 7.61. The fraction of sp³-hybridized carbons (Fsp3) is 0.0455. The first-order chi connectivity index (χ1) is 13.9. The molecule has 0 aliphatic heterocycles. The van der Waals surface area contributed by atoms with Gasteiger partial charge in [0.05, 0.1) is 16.7 Å². The molecule has 4 aromatic rings. The van der Waals surface area contributed by atoms with Gasteiger partial charge in [-0.1, -0.05) is 29.3 Å². The van der Waals surface area contributed by atoms with Gasteiger partial charge in [0.15, 0.2) is 0 Å². The molecule has 1 aromatic heterocycles. The monoisotopic (exact) mass is 492 g/mol. The third-order valence-corrected chi connectivity index (χ3v) is 5.80. The van der Waals surface area contributed by atoms with Gasteiger partial charge in [0, 0.05) is 21.2 Å². The zero-order valence-electron chi connectivity index (χ0n) is 14.8. The number of hydrogen-bond donors (Lipinski definition) is 0. The van der Waals surface area contributed by atoms with E-state index >= 15 is 0 Å². The topological polar surface area (TPSA) is 17.8 Å². The third-order valence-electron chi connectivity index (χ3n) is 4.47. The summed E-state index contributed by atoms with van der Waals surface area (Å²) in [7, 11) is 0. The molecular formula is C22H13BrCl2F2N2. The Labute approximate surface area is 184 Å². The van der Waals surface area contributed by atoms with Crippen molar-refractivity contribution in [2.45, 2.75) is 6.54 Å². The van der Waals surface area contributed by atoms with Gasteiger partial charge in [-0.25, -0.2) is 8.78 Å². The average molecular weight is 494 g/mol. The Morgan fingerprint density at radius 1 is 0.828 bits per heavy atom. The lowest BCUT2D eigenvalue weighted by molar-refractivity contribution is 0.627. The van der Waals surface area contributed by atoms with E-state index in [1.165, 1.54) is 24.3 Å². The van der Waals surface area contributed by atoms with Crippen molar-refractivity contribution in [3.8, 4) is 22.5 Å². The van der Waals surface area contributed by atoms with Gasteiger partial charge in [-0.2, -0.15) is 5.10 Å². The van der Waals surface area contributed by atoms with Gasteiger partial charge in [-0.3, -0.25) is 4.68 Å². The molecule has 146 valence electrons. The summed E-state index contributed by atoms with van der Waals surface area (Å²) in [4.78, 5) is 0. The van der Waals surface area contributed by atoms with E-state index in [4.69, 9.17) is 28.3 Å². The van der Waals surface area contributed by atoms with Crippen LogP contribution in [0.4, 0.5) is 8.78 Å². The van der Waals surface area contributed by atoms with Crippen molar-refractivity contribution in [2.24, 2.45) is 0 Å². The molecule has 0 atom stereocenters. The lowest BCUT2D eigenvalue weighted by atomic mass is 10.1. The van der Waals surface area contributed by atoms with Crippen LogP contribution in [0.5, 0.6) is 0 Å². The lowest BCUT2D eigenvalue weighted by Gasteiger charge is -2.10. The van der Waals surface area contributed by atoms with Crippen molar-refractivity contribution in [1.29, 1.82) is 0 Å². The summed E-state index contributed by atoms with van der Waals surface area (Å²) < 4.78 is 29.3. The van der Waals surface area contributed by atoms with Crippen LogP contribution in [0, 0.1) is 11.6 Å². The van der Waals surface area contributed by atoms with Gasteiger partial charge in [0.25, 0.3) is 0 Å². The lowest BCUT2D eigenvalue weighted by Crippen LogP contribution is -2.05. The van der Waals surface area contributed by atoms with Crippen molar-refractivity contribution in [3.05, 3.63) is 98.4 Å².